The Morgan fingerprint density at radius 3 is 2.74 bits per heavy atom. The van der Waals surface area contributed by atoms with Crippen molar-refractivity contribution in [3.8, 4) is 0 Å². The van der Waals surface area contributed by atoms with Gasteiger partial charge < -0.3 is 10.2 Å². The van der Waals surface area contributed by atoms with Crippen molar-refractivity contribution in [2.45, 2.75) is 32.1 Å². The van der Waals surface area contributed by atoms with Gasteiger partial charge in [0.1, 0.15) is 0 Å². The van der Waals surface area contributed by atoms with Gasteiger partial charge in [-0.3, -0.25) is 4.79 Å². The first-order valence-electron chi connectivity index (χ1n) is 7.46. The van der Waals surface area contributed by atoms with Crippen LogP contribution in [-0.2, 0) is 12.8 Å². The molecule has 2 aliphatic rings. The van der Waals surface area contributed by atoms with Gasteiger partial charge in [-0.2, -0.15) is 0 Å². The largest absolute Gasteiger partial charge is 0.337 e. The summed E-state index contributed by atoms with van der Waals surface area (Å²) in [5.41, 5.74) is 3.72. The van der Waals surface area contributed by atoms with Gasteiger partial charge in [0.25, 0.3) is 5.91 Å². The number of hydrogen-bond acceptors (Lipinski definition) is 2. The van der Waals surface area contributed by atoms with Crippen molar-refractivity contribution >= 4 is 5.91 Å². The van der Waals surface area contributed by atoms with Crippen LogP contribution in [0, 0.1) is 0 Å². The van der Waals surface area contributed by atoms with Gasteiger partial charge in [-0.05, 0) is 61.9 Å². The molecule has 0 saturated carbocycles. The lowest BCUT2D eigenvalue weighted by Crippen LogP contribution is -2.34. The molecule has 1 aliphatic heterocycles. The smallest absolute Gasteiger partial charge is 0.253 e. The maximum atomic E-state index is 12.5. The van der Waals surface area contributed by atoms with Gasteiger partial charge in [0.05, 0.1) is 0 Å². The van der Waals surface area contributed by atoms with Gasteiger partial charge >= 0.3 is 0 Å². The number of aryl methyl sites for hydroxylation is 2. The highest BCUT2D eigenvalue weighted by molar-refractivity contribution is 5.94. The van der Waals surface area contributed by atoms with Crippen molar-refractivity contribution < 1.29 is 4.79 Å². The molecule has 1 aromatic rings. The molecule has 3 rings (SSSR count). The molecule has 3 heteroatoms. The van der Waals surface area contributed by atoms with Crippen LogP contribution in [0.4, 0.5) is 0 Å². The van der Waals surface area contributed by atoms with E-state index in [9.17, 15) is 4.79 Å². The monoisotopic (exact) mass is 258 g/mol. The molecule has 3 nitrogen and oxygen atoms in total. The summed E-state index contributed by atoms with van der Waals surface area (Å²) in [5.74, 6) is 0.206. The van der Waals surface area contributed by atoms with Crippen LogP contribution in [0.15, 0.2) is 18.2 Å². The maximum absolute atomic E-state index is 12.5. The average molecular weight is 258 g/mol. The minimum Gasteiger partial charge on any atom is -0.337 e. The summed E-state index contributed by atoms with van der Waals surface area (Å²) in [5, 5.41) is 3.34. The highest BCUT2D eigenvalue weighted by Crippen LogP contribution is 2.22. The zero-order valence-electron chi connectivity index (χ0n) is 11.5. The fourth-order valence-corrected chi connectivity index (χ4v) is 3.10. The van der Waals surface area contributed by atoms with E-state index in [1.165, 1.54) is 30.4 Å². The first-order chi connectivity index (χ1) is 9.34. The standard InChI is InChI=1S/C16H22N2O/c19-16(18-10-3-8-17-9-11-18)15-7-6-13-4-1-2-5-14(13)12-15/h6-7,12,17H,1-5,8-11H2. The summed E-state index contributed by atoms with van der Waals surface area (Å²) >= 11 is 0. The number of carbonyl (C=O) groups is 1. The first kappa shape index (κ1) is 12.7. The van der Waals surface area contributed by atoms with Gasteiger partial charge in [-0.25, -0.2) is 0 Å². The van der Waals surface area contributed by atoms with E-state index >= 15 is 0 Å². The van der Waals surface area contributed by atoms with Crippen LogP contribution in [-0.4, -0.2) is 37.0 Å². The van der Waals surface area contributed by atoms with Crippen LogP contribution in [0.3, 0.4) is 0 Å². The molecule has 1 N–H and O–H groups in total. The predicted octanol–water partition coefficient (Wildman–Crippen LogP) is 2.00. The maximum Gasteiger partial charge on any atom is 0.253 e. The fraction of sp³-hybridized carbons (Fsp3) is 0.562. The normalized spacial score (nSPS) is 19.7. The number of fused-ring (bicyclic) bond motifs is 1. The van der Waals surface area contributed by atoms with Crippen molar-refractivity contribution in [3.05, 3.63) is 34.9 Å². The molecule has 0 spiro atoms. The molecule has 0 bridgehead atoms. The summed E-state index contributed by atoms with van der Waals surface area (Å²) < 4.78 is 0. The lowest BCUT2D eigenvalue weighted by molar-refractivity contribution is 0.0766. The lowest BCUT2D eigenvalue weighted by atomic mass is 9.90. The van der Waals surface area contributed by atoms with E-state index in [0.717, 1.165) is 44.6 Å². The van der Waals surface area contributed by atoms with Crippen LogP contribution >= 0.6 is 0 Å². The molecular weight excluding hydrogens is 236 g/mol. The first-order valence-corrected chi connectivity index (χ1v) is 7.46. The van der Waals surface area contributed by atoms with Crippen LogP contribution in [0.5, 0.6) is 0 Å². The summed E-state index contributed by atoms with van der Waals surface area (Å²) in [6.45, 7) is 3.64. The van der Waals surface area contributed by atoms with Gasteiger partial charge in [0, 0.05) is 25.2 Å². The van der Waals surface area contributed by atoms with Gasteiger partial charge in [0.15, 0.2) is 0 Å². The zero-order valence-corrected chi connectivity index (χ0v) is 11.5. The quantitative estimate of drug-likeness (QED) is 0.835. The lowest BCUT2D eigenvalue weighted by Gasteiger charge is -2.22. The molecule has 0 aromatic heterocycles. The third kappa shape index (κ3) is 2.81. The molecule has 19 heavy (non-hydrogen) atoms. The van der Waals surface area contributed by atoms with Crippen LogP contribution in [0.1, 0.15) is 40.7 Å². The summed E-state index contributed by atoms with van der Waals surface area (Å²) in [6, 6.07) is 6.32. The van der Waals surface area contributed by atoms with Crippen molar-refractivity contribution in [3.63, 3.8) is 0 Å². The van der Waals surface area contributed by atoms with E-state index in [-0.39, 0.29) is 5.91 Å². The predicted molar refractivity (Wildman–Crippen MR) is 76.5 cm³/mol. The topological polar surface area (TPSA) is 32.3 Å². The highest BCUT2D eigenvalue weighted by Gasteiger charge is 2.18. The van der Waals surface area contributed by atoms with Crippen LogP contribution < -0.4 is 5.32 Å². The molecule has 0 radical (unpaired) electrons. The Morgan fingerprint density at radius 1 is 1.00 bits per heavy atom. The van der Waals surface area contributed by atoms with Gasteiger partial charge in [0.2, 0.25) is 0 Å². The third-order valence-electron chi connectivity index (χ3n) is 4.22. The molecular formula is C16H22N2O. The SMILES string of the molecule is O=C(c1ccc2c(c1)CCCC2)N1CCCNCC1. The molecule has 1 aliphatic carbocycles. The van der Waals surface area contributed by atoms with Crippen molar-refractivity contribution in [2.24, 2.45) is 0 Å². The van der Waals surface area contributed by atoms with Gasteiger partial charge in [-0.1, -0.05) is 6.07 Å². The Kier molecular flexibility index (Phi) is 3.83. The minimum atomic E-state index is 0.206. The van der Waals surface area contributed by atoms with E-state index in [4.69, 9.17) is 0 Å². The van der Waals surface area contributed by atoms with E-state index in [1.807, 2.05) is 11.0 Å². The highest BCUT2D eigenvalue weighted by atomic mass is 16.2. The molecule has 1 saturated heterocycles. The molecule has 1 heterocycles. The average Bonchev–Trinajstić information content (AvgIpc) is 2.75. The number of rotatable bonds is 1. The molecule has 102 valence electrons. The van der Waals surface area contributed by atoms with Crippen LogP contribution in [0.2, 0.25) is 0 Å². The summed E-state index contributed by atoms with van der Waals surface area (Å²) in [7, 11) is 0. The second-order valence-corrected chi connectivity index (χ2v) is 5.59. The van der Waals surface area contributed by atoms with Crippen molar-refractivity contribution in [2.75, 3.05) is 26.2 Å². The zero-order chi connectivity index (χ0) is 13.1. The number of benzene rings is 1. The number of amides is 1. The Bertz CT molecular complexity index is 462. The summed E-state index contributed by atoms with van der Waals surface area (Å²) in [4.78, 5) is 14.5. The van der Waals surface area contributed by atoms with Gasteiger partial charge in [-0.15, -0.1) is 0 Å². The fourth-order valence-electron chi connectivity index (χ4n) is 3.10. The molecule has 0 atom stereocenters. The van der Waals surface area contributed by atoms with Crippen LogP contribution in [0.25, 0.3) is 0 Å². The number of carbonyl (C=O) groups excluding carboxylic acids is 1. The minimum absolute atomic E-state index is 0.206. The van der Waals surface area contributed by atoms with Crippen molar-refractivity contribution in [1.29, 1.82) is 0 Å². The Labute approximate surface area is 115 Å². The van der Waals surface area contributed by atoms with E-state index in [0.29, 0.717) is 0 Å². The van der Waals surface area contributed by atoms with E-state index < -0.39 is 0 Å². The Balaban J connectivity index is 1.78. The molecule has 1 fully saturated rings. The second-order valence-electron chi connectivity index (χ2n) is 5.59. The summed E-state index contributed by atoms with van der Waals surface area (Å²) in [6.07, 6.45) is 5.92. The molecule has 1 amide bonds. The van der Waals surface area contributed by atoms with Crippen molar-refractivity contribution in [1.82, 2.24) is 10.2 Å². The number of hydrogen-bond donors (Lipinski definition) is 1. The second kappa shape index (κ2) is 5.74. The number of nitrogens with zero attached hydrogens (tertiary/aromatic N) is 1. The van der Waals surface area contributed by atoms with E-state index in [1.54, 1.807) is 0 Å². The Hall–Kier alpha value is -1.35. The molecule has 0 unspecified atom stereocenters. The Morgan fingerprint density at radius 2 is 1.84 bits per heavy atom. The third-order valence-corrected chi connectivity index (χ3v) is 4.22. The molecule has 1 aromatic carbocycles. The van der Waals surface area contributed by atoms with E-state index in [2.05, 4.69) is 17.4 Å². The number of nitrogens with one attached hydrogen (secondary N) is 1.